The summed E-state index contributed by atoms with van der Waals surface area (Å²) < 4.78 is 0. The van der Waals surface area contributed by atoms with Gasteiger partial charge in [-0.2, -0.15) is 0 Å². The average Bonchev–Trinajstić information content (AvgIpc) is 0. The van der Waals surface area contributed by atoms with Crippen LogP contribution in [0.3, 0.4) is 0 Å². The van der Waals surface area contributed by atoms with Crippen molar-refractivity contribution < 1.29 is 52.5 Å². The first-order chi connectivity index (χ1) is 0. The molecule has 8 heteroatoms. The molecule has 48 valence electrons. The van der Waals surface area contributed by atoms with E-state index in [1.54, 1.807) is 0 Å². The molecule has 0 aromatic rings. The molecule has 0 saturated carbocycles. The predicted molar refractivity (Wildman–Crippen MR) is 28.2 cm³/mol. The number of hydrogen-bond donors (Lipinski definition) is 0. The van der Waals surface area contributed by atoms with Gasteiger partial charge in [-0.05, 0) is 0 Å². The Bertz CT molecular complexity index is 13.7. The monoisotopic (exact) mass is 268 g/mol. The molecule has 0 spiro atoms. The van der Waals surface area contributed by atoms with Gasteiger partial charge in [-0.25, -0.2) is 0 Å². The van der Waals surface area contributed by atoms with E-state index < -0.39 is 0 Å². The van der Waals surface area contributed by atoms with E-state index >= 15 is 0 Å². The largest absolute Gasteiger partial charge is 3.00 e. The molecule has 0 nitrogen and oxygen atoms in total. The van der Waals surface area contributed by atoms with Crippen LogP contribution >= 0.6 is 24.8 Å². The second-order valence-electron chi connectivity index (χ2n) is 0. The minimum atomic E-state index is 0. The van der Waals surface area contributed by atoms with Gasteiger partial charge in [-0.1, -0.05) is 0 Å². The molecule has 0 N–H and O–H groups in total. The molecule has 0 fully saturated rings. The second-order valence-corrected chi connectivity index (χ2v) is 0. The molecule has 0 bridgehead atoms. The molecule has 0 aromatic heterocycles. The molecule has 0 amide bonds. The molecule has 8 heavy (non-hydrogen) atoms. The van der Waals surface area contributed by atoms with Crippen molar-refractivity contribution in [2.75, 3.05) is 0 Å². The number of rotatable bonds is 0. The minimum absolute atomic E-state index is 0. The van der Waals surface area contributed by atoms with Crippen molar-refractivity contribution in [2.24, 2.45) is 0 Å². The summed E-state index contributed by atoms with van der Waals surface area (Å²) in [5, 5.41) is 0. The second kappa shape index (κ2) is 96.6. The van der Waals surface area contributed by atoms with Gasteiger partial charge in [-0.15, -0.1) is 24.8 Å². The fourth-order valence-electron chi connectivity index (χ4n) is 0. The van der Waals surface area contributed by atoms with Gasteiger partial charge in [0.15, 0.2) is 0 Å². The van der Waals surface area contributed by atoms with Gasteiger partial charge in [0.05, 0.1) is 0 Å². The van der Waals surface area contributed by atoms with Crippen LogP contribution in [0.15, 0.2) is 0 Å². The van der Waals surface area contributed by atoms with E-state index in [1.807, 2.05) is 0 Å². The maximum absolute atomic E-state index is 0. The normalized spacial score (nSPS) is 0. The van der Waals surface area contributed by atoms with E-state index in [9.17, 15) is 0 Å². The summed E-state index contributed by atoms with van der Waals surface area (Å²) in [4.78, 5) is 0. The molecular weight excluding hydrogens is 267 g/mol. The molecule has 0 aromatic carbocycles. The van der Waals surface area contributed by atoms with Gasteiger partial charge in [-0.3, -0.25) is 0 Å². The van der Waals surface area contributed by atoms with Crippen LogP contribution in [0.1, 0.15) is 2.85 Å². The van der Waals surface area contributed by atoms with Gasteiger partial charge < -0.3 is 49.6 Å². The van der Waals surface area contributed by atoms with Crippen molar-refractivity contribution in [1.82, 2.24) is 0 Å². The molecule has 0 aliphatic heterocycles. The van der Waals surface area contributed by atoms with Gasteiger partial charge in [0.1, 0.15) is 0 Å². The van der Waals surface area contributed by atoms with Crippen LogP contribution in [-0.4, -0.2) is 34.7 Å². The standard InChI is InChI=1S/2Al.6ClH/h;;6*1H/q2*+3;;;;;;/p-2. The van der Waals surface area contributed by atoms with Gasteiger partial charge >= 0.3 is 37.6 Å². The van der Waals surface area contributed by atoms with Crippen LogP contribution in [0.2, 0.25) is 0 Å². The van der Waals surface area contributed by atoms with Crippen LogP contribution in [0, 0.1) is 0 Å². The molecule has 0 heterocycles. The minimum Gasteiger partial charge on any atom is -1.00 e. The van der Waals surface area contributed by atoms with Crippen LogP contribution in [0.25, 0.3) is 0 Å². The van der Waals surface area contributed by atoms with Crippen molar-refractivity contribution in [1.29, 1.82) is 0 Å². The van der Waals surface area contributed by atoms with Gasteiger partial charge in [0.25, 0.3) is 0 Å². The Morgan fingerprint density at radius 3 is 0.500 bits per heavy atom. The molecule has 0 unspecified atom stereocenters. The van der Waals surface area contributed by atoms with E-state index in [0.717, 1.165) is 0 Å². The summed E-state index contributed by atoms with van der Waals surface area (Å²) in [5.41, 5.74) is 0. The van der Waals surface area contributed by atoms with Crippen molar-refractivity contribution in [3.8, 4) is 0 Å². The Kier molecular flexibility index (Phi) is 1590. The summed E-state index contributed by atoms with van der Waals surface area (Å²) in [6, 6.07) is 0. The van der Waals surface area contributed by atoms with Crippen LogP contribution in [0.4, 0.5) is 0 Å². The van der Waals surface area contributed by atoms with Gasteiger partial charge in [0, 0.05) is 0 Å². The third-order valence-electron chi connectivity index (χ3n) is 0. The Morgan fingerprint density at radius 2 is 0.500 bits per heavy atom. The van der Waals surface area contributed by atoms with Crippen molar-refractivity contribution in [3.63, 3.8) is 0 Å². The zero-order valence-electron chi connectivity index (χ0n) is 5.48. The van der Waals surface area contributed by atoms with E-state index in [1.165, 1.54) is 0 Å². The molecule has 0 radical (unpaired) electrons. The van der Waals surface area contributed by atoms with E-state index in [-0.39, 0.29) is 112 Å². The van der Waals surface area contributed by atoms with Crippen LogP contribution in [-0.2, 0) is 0 Å². The van der Waals surface area contributed by atoms with Crippen molar-refractivity contribution in [3.05, 3.63) is 0 Å². The smallest absolute Gasteiger partial charge is 1.00 e. The summed E-state index contributed by atoms with van der Waals surface area (Å²) in [5.74, 6) is 0. The summed E-state index contributed by atoms with van der Waals surface area (Å²) in [6.45, 7) is 0. The summed E-state index contributed by atoms with van der Waals surface area (Å²) in [6.07, 6.45) is 0. The topological polar surface area (TPSA) is 0 Å². The third kappa shape index (κ3) is 68.2. The maximum atomic E-state index is 0. The van der Waals surface area contributed by atoms with Crippen molar-refractivity contribution in [2.45, 2.75) is 0 Å². The summed E-state index contributed by atoms with van der Waals surface area (Å²) >= 11 is 0. The molecule has 0 aliphatic rings. The van der Waals surface area contributed by atoms with E-state index in [0.29, 0.717) is 0 Å². The Balaban J connectivity index is 0. The third-order valence-corrected chi connectivity index (χ3v) is 0. The van der Waals surface area contributed by atoms with Crippen LogP contribution in [0.5, 0.6) is 0 Å². The van der Waals surface area contributed by atoms with E-state index in [2.05, 4.69) is 0 Å². The first-order valence-electron chi connectivity index (χ1n) is 0. The van der Waals surface area contributed by atoms with Crippen LogP contribution < -0.4 is 49.6 Å². The quantitative estimate of drug-likeness (QED) is 0.384. The Hall–Kier alpha value is 2.80. The Labute approximate surface area is 111 Å². The first kappa shape index (κ1) is 132. The zero-order chi connectivity index (χ0) is 0. The van der Waals surface area contributed by atoms with Gasteiger partial charge in [0.2, 0.25) is 0 Å². The fourth-order valence-corrected chi connectivity index (χ4v) is 0. The predicted octanol–water partition coefficient (Wildman–Crippen LogP) is -11.7. The number of halogens is 6. The average molecular weight is 271 g/mol. The molecule has 0 rings (SSSR count). The van der Waals surface area contributed by atoms with E-state index in [4.69, 9.17) is 0 Å². The molecule has 0 saturated heterocycles. The number of hydrogen-bond acceptors (Lipinski definition) is 0. The maximum Gasteiger partial charge on any atom is 3.00 e. The Morgan fingerprint density at radius 1 is 0.500 bits per heavy atom. The molecule has 0 aliphatic carbocycles. The molecular formula is H4Al2Cl6+4. The van der Waals surface area contributed by atoms with Crippen molar-refractivity contribution >= 4 is 59.5 Å². The first-order valence-corrected chi connectivity index (χ1v) is 0. The zero-order valence-corrected chi connectivity index (χ0v) is 10.4. The fraction of sp³-hybridized carbons (Fsp3) is 0. The SMILES string of the molecule is Cl.Cl.[Al+3].[Al+3].[Cl-].[Cl-].[Cl-].[Cl-].[H+].[H+]. The molecule has 0 atom stereocenters. The summed E-state index contributed by atoms with van der Waals surface area (Å²) in [7, 11) is 0.